The van der Waals surface area contributed by atoms with Crippen molar-refractivity contribution in [2.45, 2.75) is 18.3 Å². The van der Waals surface area contributed by atoms with E-state index in [2.05, 4.69) is 44.6 Å². The van der Waals surface area contributed by atoms with Crippen LogP contribution in [0, 0.1) is 0 Å². The van der Waals surface area contributed by atoms with Gasteiger partial charge in [0.2, 0.25) is 0 Å². The molecule has 0 N–H and O–H groups in total. The molecule has 1 aliphatic rings. The number of rotatable bonds is 2. The van der Waals surface area contributed by atoms with E-state index in [1.807, 2.05) is 12.1 Å². The maximum atomic E-state index is 6.18. The Bertz CT molecular complexity index is 334. The molecule has 1 aromatic rings. The molecule has 0 spiro atoms. The van der Waals surface area contributed by atoms with E-state index in [-0.39, 0.29) is 0 Å². The van der Waals surface area contributed by atoms with Crippen molar-refractivity contribution in [1.29, 1.82) is 0 Å². The van der Waals surface area contributed by atoms with Crippen LogP contribution in [0.25, 0.3) is 0 Å². The molecular weight excluding hydrogens is 362 g/mol. The topological polar surface area (TPSA) is 0 Å². The Kier molecular flexibility index (Phi) is 2.92. The summed E-state index contributed by atoms with van der Waals surface area (Å²) >= 11 is 12.1. The Hall–Kier alpha value is 0.720. The Morgan fingerprint density at radius 1 is 1.46 bits per heavy atom. The Morgan fingerprint density at radius 2 is 2.15 bits per heavy atom. The molecule has 1 saturated carbocycles. The van der Waals surface area contributed by atoms with Crippen molar-refractivity contribution in [1.82, 2.24) is 0 Å². The number of hydrogen-bond donors (Lipinski definition) is 0. The number of halogens is 3. The zero-order chi connectivity index (χ0) is 9.47. The van der Waals surface area contributed by atoms with Crippen molar-refractivity contribution in [3.05, 3.63) is 33.3 Å². The molecule has 0 unspecified atom stereocenters. The zero-order valence-electron chi connectivity index (χ0n) is 6.99. The van der Waals surface area contributed by atoms with Gasteiger partial charge in [0.05, 0.1) is 0 Å². The van der Waals surface area contributed by atoms with Crippen molar-refractivity contribution in [2.75, 3.05) is 4.43 Å². The summed E-state index contributed by atoms with van der Waals surface area (Å²) in [5.41, 5.74) is 1.71. The molecule has 0 saturated heterocycles. The fourth-order valence-electron chi connectivity index (χ4n) is 1.53. The highest BCUT2D eigenvalue weighted by Crippen LogP contribution is 2.52. The lowest BCUT2D eigenvalue weighted by atomic mass is 9.99. The molecule has 1 aliphatic carbocycles. The van der Waals surface area contributed by atoms with Crippen LogP contribution in [0.15, 0.2) is 22.7 Å². The van der Waals surface area contributed by atoms with Crippen LogP contribution in [0.3, 0.4) is 0 Å². The molecule has 1 aromatic carbocycles. The number of hydrogen-bond acceptors (Lipinski definition) is 0. The average molecular weight is 371 g/mol. The summed E-state index contributed by atoms with van der Waals surface area (Å²) in [6.45, 7) is 0. The molecule has 3 heteroatoms. The third-order valence-corrected chi connectivity index (χ3v) is 4.89. The predicted octanol–water partition coefficient (Wildman–Crippen LogP) is 4.57. The van der Waals surface area contributed by atoms with Gasteiger partial charge in [0, 0.05) is 19.3 Å². The van der Waals surface area contributed by atoms with Gasteiger partial charge in [-0.1, -0.05) is 50.1 Å². The van der Waals surface area contributed by atoms with Crippen LogP contribution in [0.4, 0.5) is 0 Å². The first-order valence-electron chi connectivity index (χ1n) is 4.19. The molecule has 70 valence electrons. The van der Waals surface area contributed by atoms with Crippen LogP contribution in [-0.4, -0.2) is 4.43 Å². The lowest BCUT2D eigenvalue weighted by Crippen LogP contribution is -2.08. The van der Waals surface area contributed by atoms with Gasteiger partial charge >= 0.3 is 0 Å². The highest BCUT2D eigenvalue weighted by Gasteiger charge is 2.44. The lowest BCUT2D eigenvalue weighted by molar-refractivity contribution is 0.816. The van der Waals surface area contributed by atoms with Gasteiger partial charge in [-0.05, 0) is 36.6 Å². The van der Waals surface area contributed by atoms with E-state index in [0.29, 0.717) is 5.41 Å². The summed E-state index contributed by atoms with van der Waals surface area (Å²) in [5.74, 6) is 0. The molecule has 1 fully saturated rings. The van der Waals surface area contributed by atoms with E-state index in [9.17, 15) is 0 Å². The molecule has 0 amide bonds. The molecule has 0 bridgehead atoms. The highest BCUT2D eigenvalue weighted by molar-refractivity contribution is 14.1. The molecule has 0 aromatic heterocycles. The number of alkyl halides is 1. The van der Waals surface area contributed by atoms with Crippen molar-refractivity contribution in [2.24, 2.45) is 0 Å². The Labute approximate surface area is 105 Å². The van der Waals surface area contributed by atoms with Crippen LogP contribution < -0.4 is 0 Å². The first-order chi connectivity index (χ1) is 6.18. The second-order valence-electron chi connectivity index (χ2n) is 3.54. The van der Waals surface area contributed by atoms with Crippen molar-refractivity contribution < 1.29 is 0 Å². The summed E-state index contributed by atoms with van der Waals surface area (Å²) in [5, 5.41) is 0.914. The Morgan fingerprint density at radius 3 is 2.69 bits per heavy atom. The molecule has 0 heterocycles. The number of benzene rings is 1. The molecule has 0 nitrogen and oxygen atoms in total. The van der Waals surface area contributed by atoms with Gasteiger partial charge in [-0.15, -0.1) is 0 Å². The predicted molar refractivity (Wildman–Crippen MR) is 69.0 cm³/mol. The highest BCUT2D eigenvalue weighted by atomic mass is 127. The quantitative estimate of drug-likeness (QED) is 0.528. The summed E-state index contributed by atoms with van der Waals surface area (Å²) in [4.78, 5) is 0. The fourth-order valence-corrected chi connectivity index (χ4v) is 3.38. The molecule has 2 rings (SSSR count). The second-order valence-corrected chi connectivity index (χ2v) is 5.62. The first kappa shape index (κ1) is 10.2. The summed E-state index contributed by atoms with van der Waals surface area (Å²) < 4.78 is 2.30. The van der Waals surface area contributed by atoms with Crippen LogP contribution in [-0.2, 0) is 5.41 Å². The van der Waals surface area contributed by atoms with Gasteiger partial charge in [-0.2, -0.15) is 0 Å². The van der Waals surface area contributed by atoms with Gasteiger partial charge in [0.25, 0.3) is 0 Å². The third-order valence-electron chi connectivity index (χ3n) is 2.61. The average Bonchev–Trinajstić information content (AvgIpc) is 2.90. The minimum atomic E-state index is 0.390. The summed E-state index contributed by atoms with van der Waals surface area (Å²) in [6.07, 6.45) is 2.57. The monoisotopic (exact) mass is 370 g/mol. The lowest BCUT2D eigenvalue weighted by Gasteiger charge is -2.14. The van der Waals surface area contributed by atoms with Gasteiger partial charge in [-0.25, -0.2) is 0 Å². The molecule has 0 aliphatic heterocycles. The van der Waals surface area contributed by atoms with Gasteiger partial charge in [0.1, 0.15) is 0 Å². The van der Waals surface area contributed by atoms with E-state index in [1.54, 1.807) is 0 Å². The van der Waals surface area contributed by atoms with Crippen molar-refractivity contribution in [3.63, 3.8) is 0 Å². The van der Waals surface area contributed by atoms with E-state index in [0.717, 1.165) is 9.50 Å². The molecule has 13 heavy (non-hydrogen) atoms. The van der Waals surface area contributed by atoms with E-state index >= 15 is 0 Å². The second kappa shape index (κ2) is 3.70. The van der Waals surface area contributed by atoms with Crippen LogP contribution in [0.1, 0.15) is 18.4 Å². The maximum Gasteiger partial charge on any atom is 0.0444 e. The van der Waals surface area contributed by atoms with E-state index in [4.69, 9.17) is 11.6 Å². The zero-order valence-corrected chi connectivity index (χ0v) is 11.5. The largest absolute Gasteiger partial charge is 0.0854 e. The molecule has 0 atom stereocenters. The van der Waals surface area contributed by atoms with Crippen molar-refractivity contribution in [3.8, 4) is 0 Å². The summed E-state index contributed by atoms with van der Waals surface area (Å²) in [7, 11) is 0. The van der Waals surface area contributed by atoms with Gasteiger partial charge in [0.15, 0.2) is 0 Å². The van der Waals surface area contributed by atoms with E-state index < -0.39 is 0 Å². The standard InChI is InChI=1S/C10H9BrClI/c11-7-1-2-9(12)8(5-7)10(6-13)3-4-10/h1-2,5H,3-4,6H2. The van der Waals surface area contributed by atoms with Gasteiger partial charge in [-0.3, -0.25) is 0 Å². The smallest absolute Gasteiger partial charge is 0.0444 e. The minimum Gasteiger partial charge on any atom is -0.0854 e. The maximum absolute atomic E-state index is 6.18. The Balaban J connectivity index is 2.44. The normalized spacial score (nSPS) is 18.7. The molecular formula is C10H9BrClI. The third kappa shape index (κ3) is 1.90. The SMILES string of the molecule is Clc1ccc(Br)cc1C1(CI)CC1. The fraction of sp³-hybridized carbons (Fsp3) is 0.400. The van der Waals surface area contributed by atoms with Crippen LogP contribution in [0.2, 0.25) is 5.02 Å². The van der Waals surface area contributed by atoms with Gasteiger partial charge < -0.3 is 0 Å². The minimum absolute atomic E-state index is 0.390. The molecule has 0 radical (unpaired) electrons. The first-order valence-corrected chi connectivity index (χ1v) is 6.89. The van der Waals surface area contributed by atoms with E-state index in [1.165, 1.54) is 22.8 Å². The van der Waals surface area contributed by atoms with Crippen molar-refractivity contribution >= 4 is 50.1 Å². The summed E-state index contributed by atoms with van der Waals surface area (Å²) in [6, 6.07) is 6.14. The van der Waals surface area contributed by atoms with Crippen LogP contribution >= 0.6 is 50.1 Å². The van der Waals surface area contributed by atoms with Crippen LogP contribution in [0.5, 0.6) is 0 Å².